The molecular weight excluding hydrogens is 961 g/mol. The fraction of sp³-hybridized carbons (Fsp3) is 0.300. The smallest absolute Gasteiger partial charge is 0.00137 e. The molecule has 0 unspecified atom stereocenters. The van der Waals surface area contributed by atoms with Crippen LogP contribution in [-0.4, -0.2) is 0 Å². The normalized spacial score (nSPS) is 14.1. The van der Waals surface area contributed by atoms with Gasteiger partial charge in [0.25, 0.3) is 0 Å². The average molecular weight is 1040 g/mol. The summed E-state index contributed by atoms with van der Waals surface area (Å²) < 4.78 is 0. The predicted molar refractivity (Wildman–Crippen MR) is 356 cm³/mol. The van der Waals surface area contributed by atoms with Gasteiger partial charge in [-0.05, 0) is 241 Å². The second-order valence-corrected chi connectivity index (χ2v) is 30.9. The van der Waals surface area contributed by atoms with Crippen molar-refractivity contribution in [1.29, 1.82) is 0 Å². The minimum Gasteiger partial charge on any atom is -0.0610 e. The topological polar surface area (TPSA) is 0 Å². The molecule has 15 rings (SSSR count). The van der Waals surface area contributed by atoms with Gasteiger partial charge < -0.3 is 0 Å². The van der Waals surface area contributed by atoms with Gasteiger partial charge in [0.05, 0.1) is 0 Å². The fourth-order valence-corrected chi connectivity index (χ4v) is 15.6. The maximum absolute atomic E-state index is 2.64. The molecule has 0 aromatic heterocycles. The minimum absolute atomic E-state index is 0.00513. The van der Waals surface area contributed by atoms with E-state index in [0.29, 0.717) is 0 Å². The van der Waals surface area contributed by atoms with Crippen LogP contribution in [0.15, 0.2) is 133 Å². The first-order valence-electron chi connectivity index (χ1n) is 29.7. The molecule has 0 fully saturated rings. The lowest BCUT2D eigenvalue weighted by Crippen LogP contribution is -2.17. The van der Waals surface area contributed by atoms with Crippen molar-refractivity contribution in [1.82, 2.24) is 0 Å². The first kappa shape index (κ1) is 49.7. The first-order valence-corrected chi connectivity index (χ1v) is 29.7. The van der Waals surface area contributed by atoms with Crippen LogP contribution >= 0.6 is 0 Å². The number of benzene rings is 13. The summed E-state index contributed by atoms with van der Waals surface area (Å²) in [5.74, 6) is 0. The molecular formula is C80H76. The zero-order chi connectivity index (χ0) is 56.2. The first-order chi connectivity index (χ1) is 37.5. The van der Waals surface area contributed by atoms with Gasteiger partial charge >= 0.3 is 0 Å². The molecule has 0 radical (unpaired) electrons. The van der Waals surface area contributed by atoms with Crippen LogP contribution < -0.4 is 0 Å². The van der Waals surface area contributed by atoms with Gasteiger partial charge in [-0.3, -0.25) is 0 Å². The Balaban J connectivity index is 1.05. The number of rotatable bonds is 1. The van der Waals surface area contributed by atoms with E-state index in [1.54, 1.807) is 0 Å². The van der Waals surface area contributed by atoms with Crippen molar-refractivity contribution in [3.8, 4) is 11.1 Å². The fourth-order valence-electron chi connectivity index (χ4n) is 15.6. The zero-order valence-electron chi connectivity index (χ0n) is 50.7. The molecule has 15 aromatic rings. The van der Waals surface area contributed by atoms with E-state index >= 15 is 0 Å². The lowest BCUT2D eigenvalue weighted by molar-refractivity contribution is 0.578. The molecule has 15 aromatic carbocycles. The highest BCUT2D eigenvalue weighted by atomic mass is 14.4. The van der Waals surface area contributed by atoms with Crippen molar-refractivity contribution in [3.63, 3.8) is 0 Å². The summed E-state index contributed by atoms with van der Waals surface area (Å²) in [6.45, 7) is 43.0. The lowest BCUT2D eigenvalue weighted by Gasteiger charge is -2.30. The van der Waals surface area contributed by atoms with Crippen LogP contribution in [0.2, 0.25) is 0 Å². The molecule has 396 valence electrons. The number of hydrogen-bond acceptors (Lipinski definition) is 0. The molecule has 0 bridgehead atoms. The molecule has 0 amide bonds. The second kappa shape index (κ2) is 15.4. The summed E-state index contributed by atoms with van der Waals surface area (Å²) in [7, 11) is 0. The molecule has 80 heavy (non-hydrogen) atoms. The summed E-state index contributed by atoms with van der Waals surface area (Å²) in [6, 6.07) is 54.5. The van der Waals surface area contributed by atoms with Gasteiger partial charge in [0.15, 0.2) is 0 Å². The van der Waals surface area contributed by atoms with Crippen LogP contribution in [0, 0.1) is 0 Å². The Morgan fingerprint density at radius 1 is 0.200 bits per heavy atom. The number of hydrogen-bond donors (Lipinski definition) is 0. The highest BCUT2D eigenvalue weighted by molar-refractivity contribution is 6.46. The Morgan fingerprint density at radius 2 is 0.575 bits per heavy atom. The molecule has 0 heteroatoms. The van der Waals surface area contributed by atoms with Crippen molar-refractivity contribution >= 4 is 140 Å². The molecule has 0 saturated heterocycles. The van der Waals surface area contributed by atoms with Crippen molar-refractivity contribution in [2.45, 2.75) is 157 Å². The van der Waals surface area contributed by atoms with Gasteiger partial charge in [0.2, 0.25) is 0 Å². The monoisotopic (exact) mass is 1040 g/mol. The standard InChI is InChI=1S/C80H76/c1-75(2,3)42-22-33-64(78(10,11)12)59(36-42)45-23-24-48-50-26-28-52-58-40-63-62(39-57(58)51-27-25-49(67(50)68(51)52)47-21-19-20-46(45)66(47)48)73(79(13,14)15)71-55-31-29-53-60-37-43(76(4,5)6)34-41-35-44(77(7,8)9)38-61(65(41)60)54-30-32-56(70(55)69(53)54)72(71)74(63)80(16,17)18/h19-40H,1-18H3. The molecule has 0 aliphatic heterocycles. The third-order valence-electron chi connectivity index (χ3n) is 19.4. The highest BCUT2D eigenvalue weighted by Crippen LogP contribution is 2.57. The van der Waals surface area contributed by atoms with E-state index in [1.165, 1.54) is 185 Å². The summed E-state index contributed by atoms with van der Waals surface area (Å²) in [4.78, 5) is 0. The molecule has 0 aliphatic carbocycles. The van der Waals surface area contributed by atoms with Crippen LogP contribution in [0.5, 0.6) is 0 Å². The molecule has 0 saturated carbocycles. The second-order valence-electron chi connectivity index (χ2n) is 30.9. The largest absolute Gasteiger partial charge is 0.0610 e. The van der Waals surface area contributed by atoms with Crippen LogP contribution in [0.1, 0.15) is 158 Å². The van der Waals surface area contributed by atoms with Crippen molar-refractivity contribution < 1.29 is 0 Å². The van der Waals surface area contributed by atoms with Crippen LogP contribution in [0.3, 0.4) is 0 Å². The van der Waals surface area contributed by atoms with E-state index in [0.717, 1.165) is 0 Å². The van der Waals surface area contributed by atoms with Gasteiger partial charge in [0.1, 0.15) is 0 Å². The highest BCUT2D eigenvalue weighted by Gasteiger charge is 2.34. The number of fused-ring (bicyclic) bond motifs is 11. The summed E-state index contributed by atoms with van der Waals surface area (Å²) >= 11 is 0. The van der Waals surface area contributed by atoms with Crippen molar-refractivity contribution in [2.24, 2.45) is 0 Å². The summed E-state index contributed by atoms with van der Waals surface area (Å²) in [5.41, 5.74) is 10.8. The quantitative estimate of drug-likeness (QED) is 0.114. The molecule has 0 nitrogen and oxygen atoms in total. The Kier molecular flexibility index (Phi) is 9.56. The Labute approximate surface area is 472 Å². The molecule has 0 N–H and O–H groups in total. The van der Waals surface area contributed by atoms with Gasteiger partial charge in [-0.1, -0.05) is 234 Å². The van der Waals surface area contributed by atoms with Gasteiger partial charge in [-0.2, -0.15) is 0 Å². The average Bonchev–Trinajstić information content (AvgIpc) is 4.03. The molecule has 0 heterocycles. The molecule has 0 spiro atoms. The predicted octanol–water partition coefficient (Wildman–Crippen LogP) is 23.9. The summed E-state index contributed by atoms with van der Waals surface area (Å²) in [5, 5.41) is 35.8. The maximum atomic E-state index is 2.64. The lowest BCUT2D eigenvalue weighted by atomic mass is 9.74. The zero-order valence-corrected chi connectivity index (χ0v) is 50.7. The molecule has 0 aliphatic rings. The SMILES string of the molecule is CC(C)(C)c1ccc(C(C)(C)C)c(-c2ccc3c4ccc5c6cc7c(C(C)(C)C)c8c9ccc%10c%11cc(C(C)(C)C)cc%12cc(C(C)(C)C)cc(c%13ccc(c8c(C(C)(C)C)c7cc6c6ccc(c7cccc2c73)c4c65)c9c%13%10)c%12%11)c1. The Morgan fingerprint density at radius 3 is 1.01 bits per heavy atom. The van der Waals surface area contributed by atoms with E-state index in [1.807, 2.05) is 0 Å². The van der Waals surface area contributed by atoms with Crippen molar-refractivity contribution in [2.75, 3.05) is 0 Å². The Bertz CT molecular complexity index is 4940. The van der Waals surface area contributed by atoms with Crippen LogP contribution in [-0.2, 0) is 32.5 Å². The van der Waals surface area contributed by atoms with E-state index in [2.05, 4.69) is 258 Å². The summed E-state index contributed by atoms with van der Waals surface area (Å²) in [6.07, 6.45) is 0. The van der Waals surface area contributed by atoms with Crippen LogP contribution in [0.25, 0.3) is 151 Å². The van der Waals surface area contributed by atoms with Gasteiger partial charge in [0, 0.05) is 0 Å². The van der Waals surface area contributed by atoms with E-state index in [4.69, 9.17) is 0 Å². The van der Waals surface area contributed by atoms with E-state index < -0.39 is 0 Å². The van der Waals surface area contributed by atoms with E-state index in [-0.39, 0.29) is 32.5 Å². The third kappa shape index (κ3) is 6.57. The van der Waals surface area contributed by atoms with Gasteiger partial charge in [-0.25, -0.2) is 0 Å². The maximum Gasteiger partial charge on any atom is -0.00137 e. The molecule has 0 atom stereocenters. The Hall–Kier alpha value is -7.28. The minimum atomic E-state index is -0.164. The van der Waals surface area contributed by atoms with E-state index in [9.17, 15) is 0 Å². The van der Waals surface area contributed by atoms with Crippen LogP contribution in [0.4, 0.5) is 0 Å². The van der Waals surface area contributed by atoms with Gasteiger partial charge in [-0.15, -0.1) is 0 Å². The third-order valence-corrected chi connectivity index (χ3v) is 19.4. The van der Waals surface area contributed by atoms with Crippen molar-refractivity contribution in [3.05, 3.63) is 167 Å².